The molecule has 0 radical (unpaired) electrons. The van der Waals surface area contributed by atoms with Gasteiger partial charge in [-0.1, -0.05) is 60.2 Å². The maximum absolute atomic E-state index is 12.9. The number of aryl methyl sites for hydroxylation is 1. The Bertz CT molecular complexity index is 950. The molecule has 0 saturated carbocycles. The molecule has 0 aliphatic rings. The fourth-order valence-corrected chi connectivity index (χ4v) is 3.92. The normalized spacial score (nSPS) is 12.5. The lowest BCUT2D eigenvalue weighted by molar-refractivity contribution is 0.414. The minimum absolute atomic E-state index is 0.248. The van der Waals surface area contributed by atoms with Crippen LogP contribution in [-0.4, -0.2) is 15.5 Å². The number of ether oxygens (including phenoxy) is 1. The molecule has 1 N–H and O–H groups in total. The van der Waals surface area contributed by atoms with Crippen molar-refractivity contribution in [3.05, 3.63) is 95.6 Å². The summed E-state index contributed by atoms with van der Waals surface area (Å²) in [4.78, 5) is 0.248. The third-order valence-electron chi connectivity index (χ3n) is 4.19. The number of benzene rings is 3. The van der Waals surface area contributed by atoms with Gasteiger partial charge >= 0.3 is 0 Å². The van der Waals surface area contributed by atoms with Crippen molar-refractivity contribution < 1.29 is 13.2 Å². The molecule has 0 aliphatic carbocycles. The van der Waals surface area contributed by atoms with Gasteiger partial charge in [-0.15, -0.1) is 0 Å². The molecule has 26 heavy (non-hydrogen) atoms. The zero-order valence-corrected chi connectivity index (χ0v) is 15.5. The summed E-state index contributed by atoms with van der Waals surface area (Å²) in [5, 5.41) is 0. The second kappa shape index (κ2) is 7.72. The van der Waals surface area contributed by atoms with Crippen molar-refractivity contribution in [3.8, 4) is 5.75 Å². The van der Waals surface area contributed by atoms with Gasteiger partial charge in [0.05, 0.1) is 18.0 Å². The summed E-state index contributed by atoms with van der Waals surface area (Å²) in [6, 6.07) is 23.2. The second-order valence-corrected chi connectivity index (χ2v) is 7.77. The van der Waals surface area contributed by atoms with E-state index in [4.69, 9.17) is 4.74 Å². The molecule has 0 fully saturated rings. The lowest BCUT2D eigenvalue weighted by Gasteiger charge is -2.20. The molecule has 0 heterocycles. The number of sulfonamides is 1. The van der Waals surface area contributed by atoms with Gasteiger partial charge < -0.3 is 4.74 Å². The van der Waals surface area contributed by atoms with Gasteiger partial charge in [-0.3, -0.25) is 0 Å². The van der Waals surface area contributed by atoms with E-state index in [1.54, 1.807) is 31.4 Å². The lowest BCUT2D eigenvalue weighted by atomic mass is 10.00. The van der Waals surface area contributed by atoms with Crippen LogP contribution < -0.4 is 9.46 Å². The highest BCUT2D eigenvalue weighted by molar-refractivity contribution is 7.89. The maximum atomic E-state index is 12.9. The maximum Gasteiger partial charge on any atom is 0.241 e. The fraction of sp³-hybridized carbons (Fsp3) is 0.143. The summed E-state index contributed by atoms with van der Waals surface area (Å²) in [5.41, 5.74) is 2.72. The molecule has 3 rings (SSSR count). The molecule has 1 atom stereocenters. The molecule has 0 aromatic heterocycles. The number of methoxy groups -OCH3 is 1. The molecular weight excluding hydrogens is 346 g/mol. The van der Waals surface area contributed by atoms with Crippen molar-refractivity contribution in [2.24, 2.45) is 0 Å². The summed E-state index contributed by atoms with van der Waals surface area (Å²) < 4.78 is 33.8. The first-order chi connectivity index (χ1) is 12.5. The predicted molar refractivity (Wildman–Crippen MR) is 103 cm³/mol. The van der Waals surface area contributed by atoms with Crippen molar-refractivity contribution in [1.82, 2.24) is 4.72 Å². The summed E-state index contributed by atoms with van der Waals surface area (Å²) in [7, 11) is -2.07. The Labute approximate surface area is 154 Å². The highest BCUT2D eigenvalue weighted by Gasteiger charge is 2.22. The van der Waals surface area contributed by atoms with Crippen LogP contribution in [0.3, 0.4) is 0 Å². The highest BCUT2D eigenvalue weighted by Crippen LogP contribution is 2.26. The van der Waals surface area contributed by atoms with E-state index in [0.29, 0.717) is 0 Å². The molecule has 0 amide bonds. The second-order valence-electron chi connectivity index (χ2n) is 6.05. The molecule has 3 aromatic rings. The first-order valence-electron chi connectivity index (χ1n) is 8.27. The van der Waals surface area contributed by atoms with Crippen LogP contribution in [0.25, 0.3) is 0 Å². The number of rotatable bonds is 6. The molecule has 5 heteroatoms. The van der Waals surface area contributed by atoms with E-state index in [2.05, 4.69) is 4.72 Å². The van der Waals surface area contributed by atoms with Gasteiger partial charge in [0.25, 0.3) is 0 Å². The minimum atomic E-state index is -3.67. The zero-order valence-electron chi connectivity index (χ0n) is 14.7. The van der Waals surface area contributed by atoms with E-state index in [0.717, 1.165) is 22.4 Å². The monoisotopic (exact) mass is 367 g/mol. The predicted octanol–water partition coefficient (Wildman–Crippen LogP) is 4.07. The molecule has 0 unspecified atom stereocenters. The van der Waals surface area contributed by atoms with Crippen molar-refractivity contribution in [2.75, 3.05) is 7.11 Å². The summed E-state index contributed by atoms with van der Waals surface area (Å²) >= 11 is 0. The first-order valence-corrected chi connectivity index (χ1v) is 9.76. The molecule has 0 aliphatic heterocycles. The van der Waals surface area contributed by atoms with Gasteiger partial charge in [-0.2, -0.15) is 4.72 Å². The molecule has 3 aromatic carbocycles. The van der Waals surface area contributed by atoms with Gasteiger partial charge in [0.1, 0.15) is 5.75 Å². The van der Waals surface area contributed by atoms with E-state index < -0.39 is 16.1 Å². The van der Waals surface area contributed by atoms with Crippen molar-refractivity contribution in [2.45, 2.75) is 17.9 Å². The van der Waals surface area contributed by atoms with Crippen molar-refractivity contribution in [1.29, 1.82) is 0 Å². The number of hydrogen-bond acceptors (Lipinski definition) is 3. The summed E-state index contributed by atoms with van der Waals surface area (Å²) in [6.07, 6.45) is 0. The van der Waals surface area contributed by atoms with Crippen LogP contribution in [0.4, 0.5) is 0 Å². The molecule has 0 bridgehead atoms. The van der Waals surface area contributed by atoms with E-state index in [1.165, 1.54) is 0 Å². The Morgan fingerprint density at radius 1 is 0.808 bits per heavy atom. The van der Waals surface area contributed by atoms with Crippen molar-refractivity contribution in [3.63, 3.8) is 0 Å². The standard InChI is InChI=1S/C21H21NO3S/c1-16-8-14-20(15-9-16)26(23,24)22-21(17-6-4-3-5-7-17)18-10-12-19(25-2)13-11-18/h3-15,21-22H,1-2H3/t21-/m0/s1. The Balaban J connectivity index is 1.99. The summed E-state index contributed by atoms with van der Waals surface area (Å²) in [6.45, 7) is 1.92. The average Bonchev–Trinajstić information content (AvgIpc) is 2.67. The Morgan fingerprint density at radius 3 is 1.96 bits per heavy atom. The van der Waals surface area contributed by atoms with Gasteiger partial charge in [0.15, 0.2) is 0 Å². The van der Waals surface area contributed by atoms with Crippen LogP contribution in [0, 0.1) is 6.92 Å². The first kappa shape index (κ1) is 18.2. The zero-order chi connectivity index (χ0) is 18.6. The SMILES string of the molecule is COc1ccc([C@@H](NS(=O)(=O)c2ccc(C)cc2)c2ccccc2)cc1. The van der Waals surface area contributed by atoms with Gasteiger partial charge in [-0.25, -0.2) is 8.42 Å². The van der Waals surface area contributed by atoms with Gasteiger partial charge in [0, 0.05) is 0 Å². The number of nitrogens with one attached hydrogen (secondary N) is 1. The summed E-state index contributed by atoms with van der Waals surface area (Å²) in [5.74, 6) is 0.724. The number of hydrogen-bond donors (Lipinski definition) is 1. The highest BCUT2D eigenvalue weighted by atomic mass is 32.2. The third kappa shape index (κ3) is 4.12. The van der Waals surface area contributed by atoms with E-state index in [9.17, 15) is 8.42 Å². The molecule has 4 nitrogen and oxygen atoms in total. The fourth-order valence-electron chi connectivity index (χ4n) is 2.71. The largest absolute Gasteiger partial charge is 0.497 e. The molecule has 0 saturated heterocycles. The van der Waals surface area contributed by atoms with Gasteiger partial charge in [0.2, 0.25) is 10.0 Å². The third-order valence-corrected chi connectivity index (χ3v) is 5.63. The van der Waals surface area contributed by atoms with Gasteiger partial charge in [-0.05, 0) is 42.3 Å². The lowest BCUT2D eigenvalue weighted by Crippen LogP contribution is -2.29. The van der Waals surface area contributed by atoms with Crippen LogP contribution in [0.2, 0.25) is 0 Å². The Hall–Kier alpha value is -2.63. The molecular formula is C21H21NO3S. The van der Waals surface area contributed by atoms with Crippen LogP contribution in [0.15, 0.2) is 83.8 Å². The minimum Gasteiger partial charge on any atom is -0.497 e. The smallest absolute Gasteiger partial charge is 0.241 e. The molecule has 0 spiro atoms. The Kier molecular flexibility index (Phi) is 5.40. The van der Waals surface area contributed by atoms with Crippen LogP contribution in [-0.2, 0) is 10.0 Å². The topological polar surface area (TPSA) is 55.4 Å². The van der Waals surface area contributed by atoms with Crippen LogP contribution >= 0.6 is 0 Å². The van der Waals surface area contributed by atoms with Crippen LogP contribution in [0.5, 0.6) is 5.75 Å². The van der Waals surface area contributed by atoms with Crippen LogP contribution in [0.1, 0.15) is 22.7 Å². The van der Waals surface area contributed by atoms with Crippen molar-refractivity contribution >= 4 is 10.0 Å². The molecule has 134 valence electrons. The van der Waals surface area contributed by atoms with E-state index >= 15 is 0 Å². The average molecular weight is 367 g/mol. The van der Waals surface area contributed by atoms with E-state index in [1.807, 2.05) is 61.5 Å². The Morgan fingerprint density at radius 2 is 1.38 bits per heavy atom. The van der Waals surface area contributed by atoms with E-state index in [-0.39, 0.29) is 4.90 Å². The quantitative estimate of drug-likeness (QED) is 0.714.